The second-order valence-electron chi connectivity index (χ2n) is 4.55. The summed E-state index contributed by atoms with van der Waals surface area (Å²) in [6.45, 7) is 0. The third-order valence-electron chi connectivity index (χ3n) is 3.31. The Hall–Kier alpha value is -2.88. The molecule has 2 aromatic heterocycles. The van der Waals surface area contributed by atoms with Gasteiger partial charge in [0.25, 0.3) is 0 Å². The van der Waals surface area contributed by atoms with Crippen LogP contribution in [0.5, 0.6) is 0 Å². The molecule has 4 heteroatoms. The van der Waals surface area contributed by atoms with Crippen molar-refractivity contribution in [3.63, 3.8) is 0 Å². The summed E-state index contributed by atoms with van der Waals surface area (Å²) in [4.78, 5) is 19.3. The summed E-state index contributed by atoms with van der Waals surface area (Å²) in [5, 5.41) is 0.875. The average Bonchev–Trinajstić information content (AvgIpc) is 2.94. The van der Waals surface area contributed by atoms with Gasteiger partial charge in [-0.3, -0.25) is 0 Å². The van der Waals surface area contributed by atoms with E-state index < -0.39 is 0 Å². The quantitative estimate of drug-likeness (QED) is 0.535. The van der Waals surface area contributed by atoms with Crippen LogP contribution in [0.3, 0.4) is 0 Å². The zero-order valence-corrected chi connectivity index (χ0v) is 10.4. The van der Waals surface area contributed by atoms with Crippen LogP contribution in [0.2, 0.25) is 0 Å². The van der Waals surface area contributed by atoms with Gasteiger partial charge in [0.15, 0.2) is 0 Å². The molecule has 0 atom stereocenters. The monoisotopic (exact) mass is 261 g/mol. The number of H-pyrrole nitrogens is 1. The van der Waals surface area contributed by atoms with Crippen LogP contribution < -0.4 is 5.63 Å². The number of fused-ring (bicyclic) bond motifs is 2. The van der Waals surface area contributed by atoms with E-state index in [4.69, 9.17) is 4.42 Å². The topological polar surface area (TPSA) is 58.9 Å². The first-order chi connectivity index (χ1) is 9.81. The highest BCUT2D eigenvalue weighted by Crippen LogP contribution is 2.23. The lowest BCUT2D eigenvalue weighted by molar-refractivity contribution is 0.563. The molecular formula is C16H9N2O2. The Bertz CT molecular complexity index is 982. The van der Waals surface area contributed by atoms with E-state index in [2.05, 4.69) is 16.0 Å². The smallest absolute Gasteiger partial charge is 0.344 e. The maximum absolute atomic E-state index is 12.1. The van der Waals surface area contributed by atoms with Crippen molar-refractivity contribution in [2.45, 2.75) is 0 Å². The van der Waals surface area contributed by atoms with E-state index in [0.717, 1.165) is 22.0 Å². The van der Waals surface area contributed by atoms with Crippen molar-refractivity contribution in [1.82, 2.24) is 9.97 Å². The molecule has 1 radical (unpaired) electrons. The molecule has 0 fully saturated rings. The number of hydrogen-bond donors (Lipinski definition) is 1. The van der Waals surface area contributed by atoms with Crippen molar-refractivity contribution >= 4 is 22.0 Å². The van der Waals surface area contributed by atoms with Crippen molar-refractivity contribution < 1.29 is 4.42 Å². The van der Waals surface area contributed by atoms with E-state index in [1.54, 1.807) is 18.5 Å². The molecule has 0 aliphatic heterocycles. The first-order valence-electron chi connectivity index (χ1n) is 6.19. The van der Waals surface area contributed by atoms with Gasteiger partial charge in [-0.15, -0.1) is 0 Å². The average molecular weight is 261 g/mol. The lowest BCUT2D eigenvalue weighted by Crippen LogP contribution is -2.02. The maximum Gasteiger partial charge on any atom is 0.344 e. The summed E-state index contributed by atoms with van der Waals surface area (Å²) in [5.41, 5.74) is 3.28. The SMILES string of the molecule is O=c1oc2c[c]ccc2cc1-c1ccc2[nH]cnc2c1. The molecule has 0 bridgehead atoms. The van der Waals surface area contributed by atoms with E-state index >= 15 is 0 Å². The first-order valence-corrected chi connectivity index (χ1v) is 6.19. The molecule has 1 N–H and O–H groups in total. The molecule has 0 aliphatic rings. The van der Waals surface area contributed by atoms with Gasteiger partial charge in [0.1, 0.15) is 5.58 Å². The molecule has 0 unspecified atom stereocenters. The molecule has 0 amide bonds. The Morgan fingerprint density at radius 1 is 1.20 bits per heavy atom. The fourth-order valence-electron chi connectivity index (χ4n) is 2.30. The van der Waals surface area contributed by atoms with Gasteiger partial charge < -0.3 is 9.40 Å². The van der Waals surface area contributed by atoms with Crippen molar-refractivity contribution in [2.75, 3.05) is 0 Å². The van der Waals surface area contributed by atoms with Crippen LogP contribution in [0, 0.1) is 6.07 Å². The lowest BCUT2D eigenvalue weighted by atomic mass is 10.1. The summed E-state index contributed by atoms with van der Waals surface area (Å²) >= 11 is 0. The Kier molecular flexibility index (Phi) is 2.23. The Morgan fingerprint density at radius 2 is 2.15 bits per heavy atom. The molecule has 4 rings (SSSR count). The minimum absolute atomic E-state index is 0.355. The zero-order chi connectivity index (χ0) is 13.5. The van der Waals surface area contributed by atoms with Gasteiger partial charge in [0.2, 0.25) is 0 Å². The molecule has 2 aromatic carbocycles. The minimum atomic E-state index is -0.355. The Balaban J connectivity index is 2.00. The van der Waals surface area contributed by atoms with Crippen LogP contribution in [0.25, 0.3) is 33.1 Å². The van der Waals surface area contributed by atoms with Gasteiger partial charge in [-0.1, -0.05) is 18.2 Å². The fraction of sp³-hybridized carbons (Fsp3) is 0. The number of benzene rings is 2. The minimum Gasteiger partial charge on any atom is -0.422 e. The van der Waals surface area contributed by atoms with Crippen LogP contribution in [-0.2, 0) is 0 Å². The molecule has 20 heavy (non-hydrogen) atoms. The van der Waals surface area contributed by atoms with Gasteiger partial charge in [-0.25, -0.2) is 9.78 Å². The third-order valence-corrected chi connectivity index (χ3v) is 3.31. The van der Waals surface area contributed by atoms with E-state index in [1.807, 2.05) is 30.3 Å². The van der Waals surface area contributed by atoms with Crippen molar-refractivity contribution in [2.24, 2.45) is 0 Å². The first kappa shape index (κ1) is 11.0. The van der Waals surface area contributed by atoms with Gasteiger partial charge in [-0.2, -0.15) is 0 Å². The lowest BCUT2D eigenvalue weighted by Gasteiger charge is -2.02. The highest BCUT2D eigenvalue weighted by molar-refractivity contribution is 5.85. The van der Waals surface area contributed by atoms with Crippen LogP contribution in [0.1, 0.15) is 0 Å². The molecule has 4 nitrogen and oxygen atoms in total. The van der Waals surface area contributed by atoms with Gasteiger partial charge >= 0.3 is 5.63 Å². The predicted molar refractivity (Wildman–Crippen MR) is 76.4 cm³/mol. The largest absolute Gasteiger partial charge is 0.422 e. The number of hydrogen-bond acceptors (Lipinski definition) is 3. The van der Waals surface area contributed by atoms with E-state index in [-0.39, 0.29) is 5.63 Å². The van der Waals surface area contributed by atoms with E-state index in [9.17, 15) is 4.79 Å². The summed E-state index contributed by atoms with van der Waals surface area (Å²) in [6, 6.07) is 15.7. The Labute approximate surface area is 113 Å². The highest BCUT2D eigenvalue weighted by Gasteiger charge is 2.08. The number of aromatic nitrogens is 2. The van der Waals surface area contributed by atoms with Crippen LogP contribution in [0.15, 0.2) is 58.0 Å². The molecule has 2 heterocycles. The van der Waals surface area contributed by atoms with Gasteiger partial charge in [0, 0.05) is 5.39 Å². The third kappa shape index (κ3) is 1.62. The number of nitrogens with one attached hydrogen (secondary N) is 1. The molecule has 0 saturated carbocycles. The van der Waals surface area contributed by atoms with Crippen LogP contribution in [0.4, 0.5) is 0 Å². The van der Waals surface area contributed by atoms with Crippen molar-refractivity contribution in [1.29, 1.82) is 0 Å². The summed E-state index contributed by atoms with van der Waals surface area (Å²) < 4.78 is 5.33. The standard InChI is InChI=1S/C16H9N2O2/c19-16-12(7-11-3-1-2-4-15(11)20-16)10-5-6-13-14(8-10)18-9-17-13/h1,3-9H,(H,17,18). The predicted octanol–water partition coefficient (Wildman–Crippen LogP) is 3.14. The molecule has 0 spiro atoms. The summed E-state index contributed by atoms with van der Waals surface area (Å²) in [7, 11) is 0. The number of aromatic amines is 1. The second kappa shape index (κ2) is 4.06. The van der Waals surface area contributed by atoms with Gasteiger partial charge in [0.05, 0.1) is 22.9 Å². The molecule has 0 aliphatic carbocycles. The summed E-state index contributed by atoms with van der Waals surface area (Å²) in [6.07, 6.45) is 1.63. The van der Waals surface area contributed by atoms with Crippen molar-refractivity contribution in [3.8, 4) is 11.1 Å². The Morgan fingerprint density at radius 3 is 3.10 bits per heavy atom. The van der Waals surface area contributed by atoms with E-state index in [1.165, 1.54) is 0 Å². The molecule has 95 valence electrons. The number of nitrogens with zero attached hydrogens (tertiary/aromatic N) is 1. The molecule has 4 aromatic rings. The van der Waals surface area contributed by atoms with Crippen LogP contribution >= 0.6 is 0 Å². The highest BCUT2D eigenvalue weighted by atomic mass is 16.4. The normalized spacial score (nSPS) is 11.2. The molecule has 0 saturated heterocycles. The van der Waals surface area contributed by atoms with Crippen LogP contribution in [-0.4, -0.2) is 9.97 Å². The van der Waals surface area contributed by atoms with E-state index in [0.29, 0.717) is 11.1 Å². The maximum atomic E-state index is 12.1. The second-order valence-corrected chi connectivity index (χ2v) is 4.55. The van der Waals surface area contributed by atoms with Gasteiger partial charge in [-0.05, 0) is 35.9 Å². The van der Waals surface area contributed by atoms with Crippen molar-refractivity contribution in [3.05, 3.63) is 65.3 Å². The number of imidazole rings is 1. The fourth-order valence-corrected chi connectivity index (χ4v) is 2.30. The zero-order valence-electron chi connectivity index (χ0n) is 10.4. The number of rotatable bonds is 1. The summed E-state index contributed by atoms with van der Waals surface area (Å²) in [5.74, 6) is 0. The molecular weight excluding hydrogens is 252 g/mol.